The van der Waals surface area contributed by atoms with Gasteiger partial charge >= 0.3 is 0 Å². The highest BCUT2D eigenvalue weighted by Crippen LogP contribution is 2.28. The lowest BCUT2D eigenvalue weighted by atomic mass is 10.1. The van der Waals surface area contributed by atoms with Crippen LogP contribution in [0.25, 0.3) is 23.1 Å². The molecule has 0 saturated carbocycles. The average molecular weight is 625 g/mol. The number of carbonyl (C=O) groups excluding carboxylic acids is 1. The Labute approximate surface area is 259 Å². The maximum absolute atomic E-state index is 13.5. The number of nitrogens with zero attached hydrogens (tertiary/aromatic N) is 2. The van der Waals surface area contributed by atoms with Crippen molar-refractivity contribution in [2.45, 2.75) is 25.7 Å². The lowest BCUT2D eigenvalue weighted by Crippen LogP contribution is -2.24. The molecular weight excluding hydrogens is 589 g/mol. The Kier molecular flexibility index (Phi) is 9.43. The van der Waals surface area contributed by atoms with Gasteiger partial charge in [0.15, 0.2) is 5.94 Å². The summed E-state index contributed by atoms with van der Waals surface area (Å²) in [6.07, 6.45) is 3.73. The zero-order valence-electron chi connectivity index (χ0n) is 25.0. The first-order chi connectivity index (χ1) is 21.1. The number of anilines is 3. The summed E-state index contributed by atoms with van der Waals surface area (Å²) in [6.45, 7) is 7.05. The average Bonchev–Trinajstić information content (AvgIpc) is 3.38. The van der Waals surface area contributed by atoms with E-state index in [2.05, 4.69) is 35.4 Å². The first kappa shape index (κ1) is 30.9. The first-order valence-corrected chi connectivity index (χ1v) is 19.7. The second-order valence-corrected chi connectivity index (χ2v) is 19.0. The fraction of sp³-hybridized carbons (Fsp3) is 0.176. The van der Waals surface area contributed by atoms with Gasteiger partial charge in [-0.25, -0.2) is 8.42 Å². The third-order valence-electron chi connectivity index (χ3n) is 6.85. The number of fused-ring (bicyclic) bond motifs is 1. The SMILES string of the molecule is C[Si](C)(C)CCOCS(=O)(=O)n1nc(C=Cc2ccccc2)c2ccc(Nc3cccc(NC(=O)c4ccccc4)c3)cc21. The molecule has 5 aromatic rings. The number of aromatic nitrogens is 2. The van der Waals surface area contributed by atoms with E-state index in [-0.39, 0.29) is 5.91 Å². The Morgan fingerprint density at radius 1 is 0.841 bits per heavy atom. The van der Waals surface area contributed by atoms with E-state index in [9.17, 15) is 13.2 Å². The van der Waals surface area contributed by atoms with Gasteiger partial charge in [0.2, 0.25) is 0 Å². The van der Waals surface area contributed by atoms with Crippen LogP contribution in [0.4, 0.5) is 17.1 Å². The molecule has 8 nitrogen and oxygen atoms in total. The molecule has 0 bridgehead atoms. The zero-order chi connectivity index (χ0) is 31.2. The predicted molar refractivity (Wildman–Crippen MR) is 183 cm³/mol. The van der Waals surface area contributed by atoms with Gasteiger partial charge in [-0.15, -0.1) is 0 Å². The van der Waals surface area contributed by atoms with Crippen molar-refractivity contribution >= 4 is 64.1 Å². The number of benzene rings is 4. The molecule has 0 spiro atoms. The third kappa shape index (κ3) is 8.10. The van der Waals surface area contributed by atoms with Crippen molar-refractivity contribution < 1.29 is 17.9 Å². The van der Waals surface area contributed by atoms with Crippen LogP contribution in [0.2, 0.25) is 25.7 Å². The van der Waals surface area contributed by atoms with E-state index in [0.717, 1.165) is 21.4 Å². The molecule has 0 radical (unpaired) electrons. The minimum absolute atomic E-state index is 0.207. The van der Waals surface area contributed by atoms with E-state index >= 15 is 0 Å². The minimum atomic E-state index is -3.91. The Hall–Kier alpha value is -4.51. The Morgan fingerprint density at radius 3 is 2.25 bits per heavy atom. The van der Waals surface area contributed by atoms with Gasteiger partial charge < -0.3 is 15.4 Å². The van der Waals surface area contributed by atoms with Crippen LogP contribution in [0, 0.1) is 0 Å². The van der Waals surface area contributed by atoms with Crippen LogP contribution in [0.3, 0.4) is 0 Å². The van der Waals surface area contributed by atoms with Crippen molar-refractivity contribution in [1.82, 2.24) is 9.19 Å². The molecule has 1 heterocycles. The largest absolute Gasteiger partial charge is 0.364 e. The molecule has 5 rings (SSSR count). The summed E-state index contributed by atoms with van der Waals surface area (Å²) in [6, 6.07) is 32.5. The lowest BCUT2D eigenvalue weighted by molar-refractivity contribution is 0.102. The smallest absolute Gasteiger partial charge is 0.278 e. The van der Waals surface area contributed by atoms with Gasteiger partial charge in [-0.05, 0) is 66.2 Å². The molecular formula is C34H36N4O4SSi. The molecule has 1 aromatic heterocycles. The van der Waals surface area contributed by atoms with Crippen molar-refractivity contribution in [3.63, 3.8) is 0 Å². The second-order valence-electron chi connectivity index (χ2n) is 11.7. The van der Waals surface area contributed by atoms with Gasteiger partial charge in [-0.3, -0.25) is 4.79 Å². The molecule has 0 unspecified atom stereocenters. The molecule has 44 heavy (non-hydrogen) atoms. The summed E-state index contributed by atoms with van der Waals surface area (Å²) < 4.78 is 33.7. The quantitative estimate of drug-likeness (QED) is 0.109. The van der Waals surface area contributed by atoms with E-state index in [1.54, 1.807) is 18.2 Å². The van der Waals surface area contributed by atoms with Gasteiger partial charge in [-0.1, -0.05) is 80.3 Å². The topological polar surface area (TPSA) is 102 Å². The Bertz CT molecular complexity index is 1880. The fourth-order valence-corrected chi connectivity index (χ4v) is 6.34. The zero-order valence-corrected chi connectivity index (χ0v) is 26.8. The summed E-state index contributed by atoms with van der Waals surface area (Å²) in [5.41, 5.74) is 4.53. The number of amides is 1. The highest BCUT2D eigenvalue weighted by atomic mass is 32.2. The number of hydrogen-bond acceptors (Lipinski definition) is 6. The predicted octanol–water partition coefficient (Wildman–Crippen LogP) is 7.69. The van der Waals surface area contributed by atoms with Crippen LogP contribution in [0.5, 0.6) is 0 Å². The first-order valence-electron chi connectivity index (χ1n) is 14.4. The summed E-state index contributed by atoms with van der Waals surface area (Å²) in [5, 5.41) is 11.5. The van der Waals surface area contributed by atoms with Gasteiger partial charge in [0.25, 0.3) is 15.9 Å². The maximum atomic E-state index is 13.5. The molecule has 1 amide bonds. The summed E-state index contributed by atoms with van der Waals surface area (Å²) in [7, 11) is -5.29. The van der Waals surface area contributed by atoms with Crippen molar-refractivity contribution in [2.75, 3.05) is 23.2 Å². The van der Waals surface area contributed by atoms with E-state index in [1.165, 1.54) is 0 Å². The molecule has 0 saturated heterocycles. The Balaban J connectivity index is 1.43. The van der Waals surface area contributed by atoms with Crippen molar-refractivity contribution in [3.05, 3.63) is 120 Å². The van der Waals surface area contributed by atoms with Crippen LogP contribution in [0.15, 0.2) is 103 Å². The van der Waals surface area contributed by atoms with Crippen molar-refractivity contribution in [2.24, 2.45) is 0 Å². The molecule has 4 aromatic carbocycles. The lowest BCUT2D eigenvalue weighted by Gasteiger charge is -2.15. The van der Waals surface area contributed by atoms with Gasteiger partial charge in [-0.2, -0.15) is 9.19 Å². The monoisotopic (exact) mass is 624 g/mol. The van der Waals surface area contributed by atoms with E-state index in [4.69, 9.17) is 4.74 Å². The number of carbonyl (C=O) groups is 1. The van der Waals surface area contributed by atoms with Crippen LogP contribution in [-0.2, 0) is 14.8 Å². The van der Waals surface area contributed by atoms with E-state index < -0.39 is 24.0 Å². The Morgan fingerprint density at radius 2 is 1.52 bits per heavy atom. The second kappa shape index (κ2) is 13.4. The highest BCUT2D eigenvalue weighted by Gasteiger charge is 2.22. The molecule has 0 aliphatic heterocycles. The molecule has 2 N–H and O–H groups in total. The van der Waals surface area contributed by atoms with Crippen molar-refractivity contribution in [3.8, 4) is 0 Å². The molecule has 0 aliphatic carbocycles. The molecule has 226 valence electrons. The maximum Gasteiger partial charge on any atom is 0.278 e. The number of rotatable bonds is 12. The van der Waals surface area contributed by atoms with E-state index in [0.29, 0.717) is 40.1 Å². The van der Waals surface area contributed by atoms with Crippen LogP contribution >= 0.6 is 0 Å². The standard InChI is InChI=1S/C34H36N4O4SSi/c1-44(2,3)22-21-42-25-43(40,41)38-33-24-30(18-19-31(33)32(37-38)20-17-26-11-6-4-7-12-26)35-28-15-10-16-29(23-28)36-34(39)27-13-8-5-9-14-27/h4-20,23-24,35H,21-22,25H2,1-3H3,(H,36,39). The summed E-state index contributed by atoms with van der Waals surface area (Å²) in [4.78, 5) is 12.6. The molecule has 10 heteroatoms. The number of hydrogen-bond donors (Lipinski definition) is 2. The van der Waals surface area contributed by atoms with Gasteiger partial charge in [0.1, 0.15) is 0 Å². The number of nitrogens with one attached hydrogen (secondary N) is 2. The van der Waals surface area contributed by atoms with Crippen molar-refractivity contribution in [1.29, 1.82) is 0 Å². The van der Waals surface area contributed by atoms with Crippen LogP contribution < -0.4 is 10.6 Å². The van der Waals surface area contributed by atoms with Crippen LogP contribution in [0.1, 0.15) is 21.6 Å². The van der Waals surface area contributed by atoms with E-state index in [1.807, 2.05) is 97.1 Å². The normalized spacial score (nSPS) is 12.1. The van der Waals surface area contributed by atoms with Gasteiger partial charge in [0, 0.05) is 42.7 Å². The summed E-state index contributed by atoms with van der Waals surface area (Å²) >= 11 is 0. The van der Waals surface area contributed by atoms with Gasteiger partial charge in [0.05, 0.1) is 11.2 Å². The molecule has 0 aliphatic rings. The summed E-state index contributed by atoms with van der Waals surface area (Å²) in [5.74, 6) is -0.668. The minimum Gasteiger partial charge on any atom is -0.364 e. The highest BCUT2D eigenvalue weighted by molar-refractivity contribution is 7.89. The molecule has 0 fully saturated rings. The fourth-order valence-electron chi connectivity index (χ4n) is 4.49. The van der Waals surface area contributed by atoms with Crippen LogP contribution in [-0.4, -0.2) is 44.1 Å². The third-order valence-corrected chi connectivity index (χ3v) is 9.82. The molecule has 0 atom stereocenters. The number of ether oxygens (including phenoxy) is 1.